The van der Waals surface area contributed by atoms with Crippen LogP contribution < -0.4 is 4.74 Å². The van der Waals surface area contributed by atoms with E-state index < -0.39 is 42.2 Å². The monoisotopic (exact) mass is 374 g/mol. The van der Waals surface area contributed by atoms with Crippen LogP contribution in [-0.2, 0) is 18.8 Å². The Bertz CT molecular complexity index is 644. The normalized spacial score (nSPS) is 19.9. The van der Waals surface area contributed by atoms with Gasteiger partial charge in [0.2, 0.25) is 0 Å². The fourth-order valence-corrected chi connectivity index (χ4v) is 2.67. The zero-order valence-corrected chi connectivity index (χ0v) is 15.3. The molecule has 1 aromatic carbocycles. The van der Waals surface area contributed by atoms with Gasteiger partial charge in [-0.2, -0.15) is 0 Å². The molecule has 0 spiro atoms. The third-order valence-corrected chi connectivity index (χ3v) is 4.76. The first-order valence-corrected chi connectivity index (χ1v) is 8.13. The summed E-state index contributed by atoms with van der Waals surface area (Å²) in [5.41, 5.74) is -1.24. The summed E-state index contributed by atoms with van der Waals surface area (Å²) in [4.78, 5) is 11.9. The van der Waals surface area contributed by atoms with Crippen LogP contribution in [0, 0.1) is 0 Å². The van der Waals surface area contributed by atoms with Gasteiger partial charge in [0.05, 0.1) is 24.7 Å². The van der Waals surface area contributed by atoms with Crippen LogP contribution in [-0.4, -0.2) is 37.8 Å². The van der Waals surface area contributed by atoms with Crippen molar-refractivity contribution in [1.82, 2.24) is 0 Å². The van der Waals surface area contributed by atoms with Crippen molar-refractivity contribution in [3.8, 4) is 5.75 Å². The number of benzene rings is 1. The van der Waals surface area contributed by atoms with E-state index in [-0.39, 0.29) is 12.0 Å². The topological polar surface area (TPSA) is 54.0 Å². The van der Waals surface area contributed by atoms with Crippen molar-refractivity contribution in [1.29, 1.82) is 0 Å². The molecule has 0 N–H and O–H groups in total. The first kappa shape index (κ1) is 20.6. The molecule has 9 heteroatoms. The molecule has 1 aliphatic rings. The number of esters is 1. The third-order valence-electron chi connectivity index (χ3n) is 4.76. The highest BCUT2D eigenvalue weighted by Gasteiger charge is 2.55. The first-order valence-electron chi connectivity index (χ1n) is 8.13. The maximum absolute atomic E-state index is 12.8. The van der Waals surface area contributed by atoms with E-state index in [4.69, 9.17) is 14.0 Å². The Morgan fingerprint density at radius 1 is 1.15 bits per heavy atom. The molecule has 144 valence electrons. The number of halogens is 3. The van der Waals surface area contributed by atoms with Gasteiger partial charge in [0.15, 0.2) is 0 Å². The van der Waals surface area contributed by atoms with Gasteiger partial charge < -0.3 is 18.8 Å². The molecule has 1 fully saturated rings. The molecule has 1 aromatic rings. The predicted molar refractivity (Wildman–Crippen MR) is 88.6 cm³/mol. The Hall–Kier alpha value is -1.74. The van der Waals surface area contributed by atoms with E-state index in [9.17, 15) is 18.0 Å². The second kappa shape index (κ2) is 7.11. The molecule has 0 amide bonds. The van der Waals surface area contributed by atoms with Crippen molar-refractivity contribution in [3.63, 3.8) is 0 Å². The molecular weight excluding hydrogens is 352 g/mol. The van der Waals surface area contributed by atoms with Crippen molar-refractivity contribution < 1.29 is 36.7 Å². The van der Waals surface area contributed by atoms with Gasteiger partial charge in [-0.05, 0) is 39.3 Å². The Kier molecular flexibility index (Phi) is 5.63. The number of alkyl halides is 3. The smallest absolute Gasteiger partial charge is 0.469 e. The SMILES string of the molecule is COC(=O)CC(B1OC(C)(C)C(C)(C)O1)c1ccccc1OC(F)(F)F. The molecule has 5 nitrogen and oxygen atoms in total. The lowest BCUT2D eigenvalue weighted by atomic mass is 9.66. The highest BCUT2D eigenvalue weighted by molar-refractivity contribution is 6.48. The summed E-state index contributed by atoms with van der Waals surface area (Å²) in [5, 5.41) is 0. The molecule has 1 heterocycles. The van der Waals surface area contributed by atoms with E-state index in [0.717, 1.165) is 0 Å². The second-order valence-corrected chi connectivity index (χ2v) is 7.10. The van der Waals surface area contributed by atoms with E-state index in [1.807, 2.05) is 27.7 Å². The third kappa shape index (κ3) is 4.51. The van der Waals surface area contributed by atoms with Crippen molar-refractivity contribution in [2.45, 2.75) is 57.5 Å². The van der Waals surface area contributed by atoms with Gasteiger partial charge in [0.1, 0.15) is 5.75 Å². The summed E-state index contributed by atoms with van der Waals surface area (Å²) in [6.07, 6.45) is -5.08. The van der Waals surface area contributed by atoms with Crippen molar-refractivity contribution in [2.75, 3.05) is 7.11 Å². The van der Waals surface area contributed by atoms with Crippen LogP contribution in [0.15, 0.2) is 24.3 Å². The summed E-state index contributed by atoms with van der Waals surface area (Å²) in [6.45, 7) is 7.28. The molecule has 0 bridgehead atoms. The van der Waals surface area contributed by atoms with Gasteiger partial charge in [-0.1, -0.05) is 18.2 Å². The Labute approximate surface area is 150 Å². The van der Waals surface area contributed by atoms with Crippen LogP contribution in [0.25, 0.3) is 0 Å². The molecule has 0 saturated carbocycles. The molecule has 1 aliphatic heterocycles. The average Bonchev–Trinajstić information content (AvgIpc) is 2.72. The molecule has 1 unspecified atom stereocenters. The summed E-state index contributed by atoms with van der Waals surface area (Å²) in [7, 11) is 0.277. The molecule has 2 rings (SSSR count). The predicted octanol–water partition coefficient (Wildman–Crippen LogP) is 3.86. The minimum atomic E-state index is -4.86. The van der Waals surface area contributed by atoms with Gasteiger partial charge in [-0.3, -0.25) is 4.79 Å². The minimum absolute atomic E-state index is 0.161. The maximum Gasteiger partial charge on any atom is 0.573 e. The number of methoxy groups -OCH3 is 1. The quantitative estimate of drug-likeness (QED) is 0.579. The number of hydrogen-bond donors (Lipinski definition) is 0. The number of para-hydroxylation sites is 1. The van der Waals surface area contributed by atoms with Crippen LogP contribution in [0.1, 0.15) is 45.5 Å². The molecular formula is C17H22BF3O5. The largest absolute Gasteiger partial charge is 0.573 e. The van der Waals surface area contributed by atoms with E-state index in [1.54, 1.807) is 6.07 Å². The zero-order chi connectivity index (χ0) is 19.8. The van der Waals surface area contributed by atoms with E-state index in [0.29, 0.717) is 0 Å². The minimum Gasteiger partial charge on any atom is -0.469 e. The van der Waals surface area contributed by atoms with Crippen LogP contribution in [0.5, 0.6) is 5.75 Å². The second-order valence-electron chi connectivity index (χ2n) is 7.10. The van der Waals surface area contributed by atoms with Crippen LogP contribution in [0.3, 0.4) is 0 Å². The molecule has 0 aromatic heterocycles. The van der Waals surface area contributed by atoms with Crippen LogP contribution >= 0.6 is 0 Å². The first-order chi connectivity index (χ1) is 11.9. The maximum atomic E-state index is 12.8. The van der Waals surface area contributed by atoms with Gasteiger partial charge in [-0.25, -0.2) is 0 Å². The zero-order valence-electron chi connectivity index (χ0n) is 15.3. The van der Waals surface area contributed by atoms with Gasteiger partial charge in [-0.15, -0.1) is 13.2 Å². The summed E-state index contributed by atoms with van der Waals surface area (Å²) >= 11 is 0. The lowest BCUT2D eigenvalue weighted by molar-refractivity contribution is -0.274. The fraction of sp³-hybridized carbons (Fsp3) is 0.588. The number of ether oxygens (including phenoxy) is 2. The molecule has 1 atom stereocenters. The standard InChI is InChI=1S/C17H22BF3O5/c1-15(2)16(3,4)26-18(25-15)12(10-14(22)23-5)11-8-6-7-9-13(11)24-17(19,20)21/h6-9,12H,10H2,1-5H3. The molecule has 26 heavy (non-hydrogen) atoms. The number of carbonyl (C=O) groups is 1. The highest BCUT2D eigenvalue weighted by Crippen LogP contribution is 2.44. The summed E-state index contributed by atoms with van der Waals surface area (Å²) in [6, 6.07) is 5.64. The summed E-state index contributed by atoms with van der Waals surface area (Å²) < 4.78 is 59.0. The Balaban J connectivity index is 2.43. The van der Waals surface area contributed by atoms with E-state index >= 15 is 0 Å². The van der Waals surface area contributed by atoms with Crippen molar-refractivity contribution >= 4 is 13.1 Å². The average molecular weight is 374 g/mol. The van der Waals surface area contributed by atoms with E-state index in [1.165, 1.54) is 25.3 Å². The highest BCUT2D eigenvalue weighted by atomic mass is 19.4. The van der Waals surface area contributed by atoms with Crippen LogP contribution in [0.4, 0.5) is 13.2 Å². The lowest BCUT2D eigenvalue weighted by Gasteiger charge is -2.32. The number of rotatable bonds is 5. The summed E-state index contributed by atoms with van der Waals surface area (Å²) in [5.74, 6) is -1.82. The van der Waals surface area contributed by atoms with Gasteiger partial charge >= 0.3 is 19.5 Å². The molecule has 0 aliphatic carbocycles. The van der Waals surface area contributed by atoms with Gasteiger partial charge in [0.25, 0.3) is 0 Å². The van der Waals surface area contributed by atoms with Gasteiger partial charge in [0, 0.05) is 5.82 Å². The van der Waals surface area contributed by atoms with Crippen LogP contribution in [0.2, 0.25) is 0 Å². The lowest BCUT2D eigenvalue weighted by Crippen LogP contribution is -2.41. The molecule has 0 radical (unpaired) electrons. The van der Waals surface area contributed by atoms with Crippen molar-refractivity contribution in [2.24, 2.45) is 0 Å². The Morgan fingerprint density at radius 2 is 1.69 bits per heavy atom. The number of hydrogen-bond acceptors (Lipinski definition) is 5. The van der Waals surface area contributed by atoms with Crippen molar-refractivity contribution in [3.05, 3.63) is 29.8 Å². The van der Waals surface area contributed by atoms with E-state index in [2.05, 4.69) is 4.74 Å². The Morgan fingerprint density at radius 3 is 2.19 bits per heavy atom. The molecule has 1 saturated heterocycles. The number of carbonyl (C=O) groups excluding carboxylic acids is 1. The fourth-order valence-electron chi connectivity index (χ4n) is 2.67.